The number of aryl methyl sites for hydroxylation is 1. The molecule has 144 valence electrons. The SMILES string of the molecule is Cc1ccc(Br)cc1NC(=O)c1ccc(S(=O)(=O)Nc2ccccc2F)cc1. The third-order valence-electron chi connectivity index (χ3n) is 3.99. The molecule has 3 rings (SSSR count). The largest absolute Gasteiger partial charge is 0.322 e. The van der Waals surface area contributed by atoms with Gasteiger partial charge in [0.05, 0.1) is 10.6 Å². The monoisotopic (exact) mass is 462 g/mol. The van der Waals surface area contributed by atoms with Crippen LogP contribution in [0.2, 0.25) is 0 Å². The van der Waals surface area contributed by atoms with Crippen molar-refractivity contribution < 1.29 is 17.6 Å². The predicted octanol–water partition coefficient (Wildman–Crippen LogP) is 4.95. The van der Waals surface area contributed by atoms with E-state index in [-0.39, 0.29) is 16.5 Å². The van der Waals surface area contributed by atoms with Gasteiger partial charge in [0.15, 0.2) is 0 Å². The molecule has 0 radical (unpaired) electrons. The quantitative estimate of drug-likeness (QED) is 0.563. The van der Waals surface area contributed by atoms with Gasteiger partial charge in [-0.1, -0.05) is 34.1 Å². The number of benzene rings is 3. The Labute approximate surface area is 170 Å². The summed E-state index contributed by atoms with van der Waals surface area (Å²) in [5.74, 6) is -1.04. The Kier molecular flexibility index (Phi) is 5.81. The van der Waals surface area contributed by atoms with E-state index < -0.39 is 15.8 Å². The molecular weight excluding hydrogens is 447 g/mol. The molecule has 28 heavy (non-hydrogen) atoms. The number of halogens is 2. The summed E-state index contributed by atoms with van der Waals surface area (Å²) in [6.07, 6.45) is 0. The lowest BCUT2D eigenvalue weighted by Gasteiger charge is -2.11. The minimum atomic E-state index is -3.98. The van der Waals surface area contributed by atoms with E-state index in [1.807, 2.05) is 19.1 Å². The van der Waals surface area contributed by atoms with Crippen molar-refractivity contribution >= 4 is 43.2 Å². The summed E-state index contributed by atoms with van der Waals surface area (Å²) in [5, 5.41) is 2.79. The Morgan fingerprint density at radius 1 is 0.964 bits per heavy atom. The molecule has 0 unspecified atom stereocenters. The zero-order chi connectivity index (χ0) is 20.3. The van der Waals surface area contributed by atoms with Crippen LogP contribution in [0.25, 0.3) is 0 Å². The molecule has 1 amide bonds. The molecule has 0 aliphatic heterocycles. The fourth-order valence-electron chi connectivity index (χ4n) is 2.46. The van der Waals surface area contributed by atoms with Crippen LogP contribution in [0.3, 0.4) is 0 Å². The standard InChI is InChI=1S/C20H16BrFN2O3S/c1-13-6-9-15(21)12-19(13)23-20(25)14-7-10-16(11-8-14)28(26,27)24-18-5-3-2-4-17(18)22/h2-12,24H,1H3,(H,23,25). The molecule has 0 aromatic heterocycles. The summed E-state index contributed by atoms with van der Waals surface area (Å²) in [6, 6.07) is 16.4. The lowest BCUT2D eigenvalue weighted by Crippen LogP contribution is -2.15. The molecule has 0 aliphatic carbocycles. The first kappa shape index (κ1) is 20.0. The van der Waals surface area contributed by atoms with Gasteiger partial charge in [-0.15, -0.1) is 0 Å². The van der Waals surface area contributed by atoms with Crippen molar-refractivity contribution in [1.29, 1.82) is 0 Å². The molecule has 0 heterocycles. The number of sulfonamides is 1. The number of hydrogen-bond acceptors (Lipinski definition) is 3. The second kappa shape index (κ2) is 8.12. The topological polar surface area (TPSA) is 75.3 Å². The van der Waals surface area contributed by atoms with Crippen LogP contribution in [0, 0.1) is 12.7 Å². The number of nitrogens with one attached hydrogen (secondary N) is 2. The summed E-state index contributed by atoms with van der Waals surface area (Å²) in [7, 11) is -3.98. The van der Waals surface area contributed by atoms with E-state index in [1.165, 1.54) is 42.5 Å². The van der Waals surface area contributed by atoms with Crippen LogP contribution < -0.4 is 10.0 Å². The lowest BCUT2D eigenvalue weighted by atomic mass is 10.1. The molecule has 2 N–H and O–H groups in total. The smallest absolute Gasteiger partial charge is 0.261 e. The zero-order valence-corrected chi connectivity index (χ0v) is 17.1. The molecule has 0 bridgehead atoms. The maximum absolute atomic E-state index is 13.7. The van der Waals surface area contributed by atoms with Crippen LogP contribution in [0.15, 0.2) is 76.1 Å². The van der Waals surface area contributed by atoms with Crippen molar-refractivity contribution in [3.63, 3.8) is 0 Å². The number of hydrogen-bond donors (Lipinski definition) is 2. The normalized spacial score (nSPS) is 11.1. The number of carbonyl (C=O) groups is 1. The summed E-state index contributed by atoms with van der Waals surface area (Å²) in [4.78, 5) is 12.4. The summed E-state index contributed by atoms with van der Waals surface area (Å²) in [6.45, 7) is 1.87. The van der Waals surface area contributed by atoms with E-state index in [2.05, 4.69) is 26.0 Å². The Hall–Kier alpha value is -2.71. The first-order chi connectivity index (χ1) is 13.3. The van der Waals surface area contributed by atoms with Gasteiger partial charge in [-0.25, -0.2) is 12.8 Å². The number of carbonyl (C=O) groups excluding carboxylic acids is 1. The Balaban J connectivity index is 1.78. The van der Waals surface area contributed by atoms with E-state index in [0.29, 0.717) is 11.3 Å². The second-order valence-corrected chi connectivity index (χ2v) is 8.62. The highest BCUT2D eigenvalue weighted by molar-refractivity contribution is 9.10. The van der Waals surface area contributed by atoms with Crippen LogP contribution in [0.5, 0.6) is 0 Å². The van der Waals surface area contributed by atoms with E-state index in [4.69, 9.17) is 0 Å². The van der Waals surface area contributed by atoms with Gasteiger partial charge >= 0.3 is 0 Å². The molecule has 0 saturated carbocycles. The summed E-state index contributed by atoms with van der Waals surface area (Å²) in [5.41, 5.74) is 1.70. The average molecular weight is 463 g/mol. The minimum Gasteiger partial charge on any atom is -0.322 e. The van der Waals surface area contributed by atoms with Gasteiger partial charge in [-0.2, -0.15) is 0 Å². The first-order valence-corrected chi connectivity index (χ1v) is 10.5. The number of para-hydroxylation sites is 1. The second-order valence-electron chi connectivity index (χ2n) is 6.02. The van der Waals surface area contributed by atoms with E-state index in [0.717, 1.165) is 16.1 Å². The van der Waals surface area contributed by atoms with Gasteiger partial charge in [-0.05, 0) is 61.0 Å². The first-order valence-electron chi connectivity index (χ1n) is 8.21. The molecule has 5 nitrogen and oxygen atoms in total. The minimum absolute atomic E-state index is 0.0778. The predicted molar refractivity (Wildman–Crippen MR) is 110 cm³/mol. The van der Waals surface area contributed by atoms with Crippen molar-refractivity contribution in [2.24, 2.45) is 0 Å². The summed E-state index contributed by atoms with van der Waals surface area (Å²) < 4.78 is 41.6. The van der Waals surface area contributed by atoms with E-state index in [9.17, 15) is 17.6 Å². The molecule has 0 saturated heterocycles. The van der Waals surface area contributed by atoms with Crippen molar-refractivity contribution in [3.8, 4) is 0 Å². The van der Waals surface area contributed by atoms with Crippen molar-refractivity contribution in [2.45, 2.75) is 11.8 Å². The van der Waals surface area contributed by atoms with E-state index >= 15 is 0 Å². The molecule has 8 heteroatoms. The maximum atomic E-state index is 13.7. The van der Waals surface area contributed by atoms with Crippen molar-refractivity contribution in [3.05, 3.63) is 88.1 Å². The van der Waals surface area contributed by atoms with Gasteiger partial charge in [0, 0.05) is 15.7 Å². The van der Waals surface area contributed by atoms with E-state index in [1.54, 1.807) is 6.07 Å². The van der Waals surface area contributed by atoms with Gasteiger partial charge in [0.2, 0.25) is 0 Å². The fraction of sp³-hybridized carbons (Fsp3) is 0.0500. The molecule has 0 spiro atoms. The molecule has 0 atom stereocenters. The van der Waals surface area contributed by atoms with Gasteiger partial charge in [0.25, 0.3) is 15.9 Å². The number of anilines is 2. The molecule has 0 aliphatic rings. The third-order valence-corrected chi connectivity index (χ3v) is 5.87. The lowest BCUT2D eigenvalue weighted by molar-refractivity contribution is 0.102. The van der Waals surface area contributed by atoms with Gasteiger partial charge < -0.3 is 5.32 Å². The highest BCUT2D eigenvalue weighted by atomic mass is 79.9. The highest BCUT2D eigenvalue weighted by Gasteiger charge is 2.17. The maximum Gasteiger partial charge on any atom is 0.261 e. The molecule has 3 aromatic carbocycles. The van der Waals surface area contributed by atoms with Crippen molar-refractivity contribution in [2.75, 3.05) is 10.0 Å². The molecular formula is C20H16BrFN2O3S. The highest BCUT2D eigenvalue weighted by Crippen LogP contribution is 2.22. The van der Waals surface area contributed by atoms with Crippen LogP contribution in [-0.2, 0) is 10.0 Å². The Bertz CT molecular complexity index is 1130. The van der Waals surface area contributed by atoms with Crippen LogP contribution >= 0.6 is 15.9 Å². The summed E-state index contributed by atoms with van der Waals surface area (Å²) >= 11 is 3.35. The van der Waals surface area contributed by atoms with Crippen LogP contribution in [0.4, 0.5) is 15.8 Å². The number of rotatable bonds is 5. The van der Waals surface area contributed by atoms with Crippen molar-refractivity contribution in [1.82, 2.24) is 0 Å². The van der Waals surface area contributed by atoms with Gasteiger partial charge in [0.1, 0.15) is 5.82 Å². The third kappa shape index (κ3) is 4.58. The molecule has 0 fully saturated rings. The average Bonchev–Trinajstić information content (AvgIpc) is 2.66. The Morgan fingerprint density at radius 3 is 2.32 bits per heavy atom. The van der Waals surface area contributed by atoms with Crippen LogP contribution in [-0.4, -0.2) is 14.3 Å². The molecule has 3 aromatic rings. The van der Waals surface area contributed by atoms with Crippen LogP contribution in [0.1, 0.15) is 15.9 Å². The number of amides is 1. The van der Waals surface area contributed by atoms with Gasteiger partial charge in [-0.3, -0.25) is 9.52 Å². The Morgan fingerprint density at radius 2 is 1.64 bits per heavy atom. The fourth-order valence-corrected chi connectivity index (χ4v) is 3.88. The zero-order valence-electron chi connectivity index (χ0n) is 14.7.